The third-order valence-electron chi connectivity index (χ3n) is 5.23. The van der Waals surface area contributed by atoms with Gasteiger partial charge in [0, 0.05) is 78.3 Å². The van der Waals surface area contributed by atoms with E-state index in [0.29, 0.717) is 40.1 Å². The van der Waals surface area contributed by atoms with Crippen LogP contribution in [-0.2, 0) is 0 Å². The smallest absolute Gasteiger partial charge is 0.296 e. The van der Waals surface area contributed by atoms with Crippen molar-refractivity contribution in [3.8, 4) is 23.0 Å². The number of ether oxygens (including phenoxy) is 2. The van der Waals surface area contributed by atoms with Crippen molar-refractivity contribution in [2.24, 2.45) is 9.98 Å². The Morgan fingerprint density at radius 1 is 0.791 bits per heavy atom. The third-order valence-corrected chi connectivity index (χ3v) is 5.23. The standard InChI is InChI=1S/C14H14N4O3.C14H16N4O.CH4O.CH4/c1-15-9-10-7-12(5-6-17-10)21-11-3-4-13(16-2)14(8-11)18(19)20;1-16-9-10-7-12(5-6-18-10)19-11-3-4-14(17-2)13(15)8-11;1-2;/h3-9,16H,1-2H3;3-9,17H,15H2,1-2H3;2H,1H3;1H4. The molecule has 0 radical (unpaired) electrons. The number of aromatic nitrogens is 2. The maximum atomic E-state index is 11.0. The molecule has 0 atom stereocenters. The number of nitro benzene ring substituents is 1. The molecule has 228 valence electrons. The van der Waals surface area contributed by atoms with Crippen LogP contribution in [0.15, 0.2) is 83.0 Å². The number of nitro groups is 1. The van der Waals surface area contributed by atoms with E-state index in [1.807, 2.05) is 25.2 Å². The van der Waals surface area contributed by atoms with E-state index in [1.54, 1.807) is 82.4 Å². The molecule has 0 fully saturated rings. The van der Waals surface area contributed by atoms with Crippen molar-refractivity contribution in [3.05, 3.63) is 94.6 Å². The number of benzene rings is 2. The molecule has 0 saturated carbocycles. The van der Waals surface area contributed by atoms with Gasteiger partial charge in [0.1, 0.15) is 28.7 Å². The van der Waals surface area contributed by atoms with Crippen LogP contribution in [0.3, 0.4) is 0 Å². The number of nitrogens with one attached hydrogen (secondary N) is 2. The molecule has 2 aromatic carbocycles. The highest BCUT2D eigenvalue weighted by molar-refractivity contribution is 5.78. The van der Waals surface area contributed by atoms with Crippen LogP contribution in [0.1, 0.15) is 18.8 Å². The van der Waals surface area contributed by atoms with Crippen LogP contribution in [0.5, 0.6) is 23.0 Å². The van der Waals surface area contributed by atoms with Gasteiger partial charge in [-0.05, 0) is 36.4 Å². The quantitative estimate of drug-likeness (QED) is 0.0821. The molecule has 0 aliphatic heterocycles. The summed E-state index contributed by atoms with van der Waals surface area (Å²) in [5, 5.41) is 23.8. The number of aliphatic imine (C=N–C) groups is 2. The van der Waals surface area contributed by atoms with Crippen molar-refractivity contribution >= 4 is 35.2 Å². The van der Waals surface area contributed by atoms with Crippen LogP contribution in [-0.4, -0.2) is 67.7 Å². The van der Waals surface area contributed by atoms with Crippen LogP contribution in [0.4, 0.5) is 22.7 Å². The maximum absolute atomic E-state index is 11.0. The number of nitrogens with zero attached hydrogens (tertiary/aromatic N) is 5. The van der Waals surface area contributed by atoms with E-state index >= 15 is 0 Å². The van der Waals surface area contributed by atoms with E-state index in [4.69, 9.17) is 20.3 Å². The number of aliphatic hydroxyl groups excluding tert-OH is 1. The first-order chi connectivity index (χ1) is 20.4. The molecule has 4 aromatic rings. The average Bonchev–Trinajstić information content (AvgIpc) is 2.99. The Labute approximate surface area is 251 Å². The van der Waals surface area contributed by atoms with Gasteiger partial charge in [0.05, 0.1) is 33.8 Å². The van der Waals surface area contributed by atoms with Crippen LogP contribution in [0, 0.1) is 10.1 Å². The molecule has 0 saturated heterocycles. The number of anilines is 3. The van der Waals surface area contributed by atoms with Gasteiger partial charge in [-0.1, -0.05) is 7.43 Å². The van der Waals surface area contributed by atoms with E-state index in [9.17, 15) is 10.1 Å². The summed E-state index contributed by atoms with van der Waals surface area (Å²) in [5.74, 6) is 2.29. The second kappa shape index (κ2) is 18.7. The van der Waals surface area contributed by atoms with Crippen molar-refractivity contribution < 1.29 is 19.5 Å². The number of nitrogen functional groups attached to an aromatic ring is 1. The maximum Gasteiger partial charge on any atom is 0.296 e. The Morgan fingerprint density at radius 2 is 1.23 bits per heavy atom. The van der Waals surface area contributed by atoms with Gasteiger partial charge in [-0.3, -0.25) is 30.1 Å². The first-order valence-electron chi connectivity index (χ1n) is 12.5. The highest BCUT2D eigenvalue weighted by Gasteiger charge is 2.14. The monoisotopic (exact) mass is 590 g/mol. The Hall–Kier alpha value is -5.56. The van der Waals surface area contributed by atoms with Crippen molar-refractivity contribution in [1.82, 2.24) is 9.97 Å². The number of hydrogen-bond acceptors (Lipinski definition) is 12. The summed E-state index contributed by atoms with van der Waals surface area (Å²) in [6, 6.07) is 17.1. The summed E-state index contributed by atoms with van der Waals surface area (Å²) >= 11 is 0. The molecule has 2 heterocycles. The second-order valence-corrected chi connectivity index (χ2v) is 8.00. The molecule has 13 heteroatoms. The summed E-state index contributed by atoms with van der Waals surface area (Å²) < 4.78 is 11.4. The predicted octanol–water partition coefficient (Wildman–Crippen LogP) is 5.66. The zero-order chi connectivity index (χ0) is 30.9. The minimum absolute atomic E-state index is 0. The average molecular weight is 591 g/mol. The zero-order valence-electron chi connectivity index (χ0n) is 24.0. The number of nitrogens with two attached hydrogens (primary N) is 1. The second-order valence-electron chi connectivity index (χ2n) is 8.00. The number of hydrogen-bond donors (Lipinski definition) is 4. The molecular weight excluding hydrogens is 552 g/mol. The summed E-state index contributed by atoms with van der Waals surface area (Å²) in [7, 11) is 7.80. The van der Waals surface area contributed by atoms with Gasteiger partial charge >= 0.3 is 0 Å². The SMILES string of the molecule is C.CN=Cc1cc(Oc2ccc(NC)c(N)c2)ccn1.CN=Cc1cc(Oc2ccc(NC)c([N+](=O)[O-])c2)ccn1.CO. The topological polar surface area (TPSA) is 182 Å². The van der Waals surface area contributed by atoms with Crippen LogP contribution in [0.2, 0.25) is 0 Å². The molecule has 4 rings (SSSR count). The zero-order valence-corrected chi connectivity index (χ0v) is 24.0. The third kappa shape index (κ3) is 11.1. The van der Waals surface area contributed by atoms with E-state index < -0.39 is 4.92 Å². The molecule has 0 unspecified atom stereocenters. The first kappa shape index (κ1) is 35.5. The van der Waals surface area contributed by atoms with Gasteiger partial charge in [0.2, 0.25) is 0 Å². The molecular formula is C30H38N8O5. The number of pyridine rings is 2. The van der Waals surface area contributed by atoms with E-state index in [1.165, 1.54) is 6.07 Å². The summed E-state index contributed by atoms with van der Waals surface area (Å²) in [4.78, 5) is 26.6. The Bertz CT molecular complexity index is 1510. The van der Waals surface area contributed by atoms with Crippen molar-refractivity contribution in [2.45, 2.75) is 7.43 Å². The summed E-state index contributed by atoms with van der Waals surface area (Å²) in [6.07, 6.45) is 6.53. The lowest BCUT2D eigenvalue weighted by Crippen LogP contribution is -1.97. The van der Waals surface area contributed by atoms with Gasteiger partial charge < -0.3 is 30.9 Å². The fourth-order valence-electron chi connectivity index (χ4n) is 3.43. The predicted molar refractivity (Wildman–Crippen MR) is 174 cm³/mol. The minimum atomic E-state index is -0.458. The Balaban J connectivity index is 0.000000399. The largest absolute Gasteiger partial charge is 0.457 e. The lowest BCUT2D eigenvalue weighted by molar-refractivity contribution is -0.384. The lowest BCUT2D eigenvalue weighted by atomic mass is 10.2. The fraction of sp³-hybridized carbons (Fsp3) is 0.200. The Morgan fingerprint density at radius 3 is 1.65 bits per heavy atom. The minimum Gasteiger partial charge on any atom is -0.457 e. The molecule has 0 bridgehead atoms. The highest BCUT2D eigenvalue weighted by atomic mass is 16.6. The first-order valence-corrected chi connectivity index (χ1v) is 12.5. The molecule has 0 aliphatic rings. The normalized spacial score (nSPS) is 10.0. The van der Waals surface area contributed by atoms with E-state index in [0.717, 1.165) is 18.5 Å². The van der Waals surface area contributed by atoms with Gasteiger partial charge in [-0.2, -0.15) is 0 Å². The van der Waals surface area contributed by atoms with Crippen molar-refractivity contribution in [1.29, 1.82) is 0 Å². The molecule has 5 N–H and O–H groups in total. The summed E-state index contributed by atoms with van der Waals surface area (Å²) in [6.45, 7) is 0. The number of rotatable bonds is 9. The molecule has 0 spiro atoms. The molecule has 0 amide bonds. The number of aliphatic hydroxyl groups is 1. The van der Waals surface area contributed by atoms with Crippen LogP contribution >= 0.6 is 0 Å². The van der Waals surface area contributed by atoms with Crippen LogP contribution in [0.25, 0.3) is 0 Å². The van der Waals surface area contributed by atoms with Gasteiger partial charge in [-0.25, -0.2) is 0 Å². The van der Waals surface area contributed by atoms with Gasteiger partial charge in [0.25, 0.3) is 5.69 Å². The fourth-order valence-corrected chi connectivity index (χ4v) is 3.43. The van der Waals surface area contributed by atoms with Crippen molar-refractivity contribution in [2.75, 3.05) is 51.7 Å². The van der Waals surface area contributed by atoms with Crippen LogP contribution < -0.4 is 25.8 Å². The molecule has 43 heavy (non-hydrogen) atoms. The van der Waals surface area contributed by atoms with Crippen molar-refractivity contribution in [3.63, 3.8) is 0 Å². The lowest BCUT2D eigenvalue weighted by Gasteiger charge is -2.09. The highest BCUT2D eigenvalue weighted by Crippen LogP contribution is 2.31. The van der Waals surface area contributed by atoms with Gasteiger partial charge in [0.15, 0.2) is 0 Å². The van der Waals surface area contributed by atoms with E-state index in [2.05, 4.69) is 30.6 Å². The van der Waals surface area contributed by atoms with E-state index in [-0.39, 0.29) is 13.1 Å². The van der Waals surface area contributed by atoms with Gasteiger partial charge in [-0.15, -0.1) is 0 Å². The molecule has 13 nitrogen and oxygen atoms in total. The molecule has 2 aromatic heterocycles. The Kier molecular flexibility index (Phi) is 15.4. The summed E-state index contributed by atoms with van der Waals surface area (Å²) in [5.41, 5.74) is 9.19. The molecule has 0 aliphatic carbocycles.